The first-order chi connectivity index (χ1) is 21.8. The van der Waals surface area contributed by atoms with Gasteiger partial charge in [0.25, 0.3) is 0 Å². The molecule has 0 spiro atoms. The van der Waals surface area contributed by atoms with E-state index in [-0.39, 0.29) is 0 Å². The molecule has 0 aromatic rings. The van der Waals surface area contributed by atoms with Gasteiger partial charge in [0.2, 0.25) is 0 Å². The van der Waals surface area contributed by atoms with E-state index in [1.165, 1.54) is 76.3 Å². The van der Waals surface area contributed by atoms with Crippen molar-refractivity contribution in [3.8, 4) is 0 Å². The normalized spacial score (nSPS) is 38.5. The first-order valence-electron chi connectivity index (χ1n) is 18.0. The Hall–Kier alpha value is -3.26. The Labute approximate surface area is 265 Å². The SMILES string of the molecule is C1=CCCC(C2=CC3C4C=C(C5C=CC6C(C5)C5=C(CCC=C5)N6C5C=CC=CC5)CCC4N(C4=CCCC=C4)C3CC2)=C1. The van der Waals surface area contributed by atoms with Crippen LogP contribution in [0.4, 0.5) is 0 Å². The molecule has 2 aliphatic heterocycles. The first-order valence-corrected chi connectivity index (χ1v) is 18.0. The van der Waals surface area contributed by atoms with Crippen molar-refractivity contribution in [1.82, 2.24) is 9.80 Å². The average molecular weight is 581 g/mol. The van der Waals surface area contributed by atoms with Gasteiger partial charge in [-0.2, -0.15) is 0 Å². The Kier molecular flexibility index (Phi) is 6.94. The van der Waals surface area contributed by atoms with E-state index in [9.17, 15) is 0 Å². The monoisotopic (exact) mass is 580 g/mol. The fourth-order valence-corrected chi connectivity index (χ4v) is 10.5. The van der Waals surface area contributed by atoms with Gasteiger partial charge in [-0.15, -0.1) is 0 Å². The van der Waals surface area contributed by atoms with Crippen LogP contribution in [-0.4, -0.2) is 34.0 Å². The van der Waals surface area contributed by atoms with Crippen LogP contribution in [0.25, 0.3) is 0 Å². The summed E-state index contributed by atoms with van der Waals surface area (Å²) < 4.78 is 0. The molecule has 2 nitrogen and oxygen atoms in total. The van der Waals surface area contributed by atoms with Crippen molar-refractivity contribution in [2.75, 3.05) is 0 Å². The first kappa shape index (κ1) is 27.1. The summed E-state index contributed by atoms with van der Waals surface area (Å²) in [4.78, 5) is 5.73. The zero-order chi connectivity index (χ0) is 29.0. The summed E-state index contributed by atoms with van der Waals surface area (Å²) in [7, 11) is 0. The van der Waals surface area contributed by atoms with Crippen LogP contribution in [0.5, 0.6) is 0 Å². The van der Waals surface area contributed by atoms with Crippen LogP contribution >= 0.6 is 0 Å². The standard InChI is InChI=1S/C42H48N2/c1-4-12-29(13-5-1)30-20-23-41-37(26-30)38-28-32(22-25-42(38)44(41)34-16-8-3-9-17-34)31-21-24-40-36(27-31)35-18-10-11-19-39(35)43(40)33-14-6-2-7-15-33/h1-2,4,6-8,10,12,14,16-18,21,24,26,28,31,33,36-38,40-42H,3,5,9,11,13,15,19-20,22-23,25,27H2. The fourth-order valence-electron chi connectivity index (χ4n) is 10.5. The van der Waals surface area contributed by atoms with Gasteiger partial charge in [-0.3, -0.25) is 0 Å². The van der Waals surface area contributed by atoms with E-state index in [2.05, 4.69) is 107 Å². The number of hydrogen-bond acceptors (Lipinski definition) is 2. The van der Waals surface area contributed by atoms with Gasteiger partial charge >= 0.3 is 0 Å². The lowest BCUT2D eigenvalue weighted by Crippen LogP contribution is -2.42. The minimum Gasteiger partial charge on any atom is -0.365 e. The highest BCUT2D eigenvalue weighted by atomic mass is 15.2. The molecule has 0 bridgehead atoms. The molecule has 9 rings (SSSR count). The molecular weight excluding hydrogens is 532 g/mol. The number of fused-ring (bicyclic) bond motifs is 5. The van der Waals surface area contributed by atoms with E-state index in [1.54, 1.807) is 28.0 Å². The van der Waals surface area contributed by atoms with Crippen molar-refractivity contribution in [2.24, 2.45) is 23.7 Å². The van der Waals surface area contributed by atoms with Crippen molar-refractivity contribution >= 4 is 0 Å². The molecule has 0 N–H and O–H groups in total. The highest BCUT2D eigenvalue weighted by molar-refractivity contribution is 5.44. The van der Waals surface area contributed by atoms with Crippen LogP contribution in [0.15, 0.2) is 131 Å². The number of hydrogen-bond donors (Lipinski definition) is 0. The van der Waals surface area contributed by atoms with Gasteiger partial charge in [0.15, 0.2) is 0 Å². The van der Waals surface area contributed by atoms with Crippen molar-refractivity contribution in [2.45, 2.75) is 101 Å². The quantitative estimate of drug-likeness (QED) is 0.306. The summed E-state index contributed by atoms with van der Waals surface area (Å²) in [5, 5.41) is 0. The lowest BCUT2D eigenvalue weighted by molar-refractivity contribution is 0.209. The van der Waals surface area contributed by atoms with E-state index in [4.69, 9.17) is 0 Å². The third kappa shape index (κ3) is 4.50. The number of rotatable bonds is 4. The van der Waals surface area contributed by atoms with E-state index >= 15 is 0 Å². The lowest BCUT2D eigenvalue weighted by Gasteiger charge is -2.40. The topological polar surface area (TPSA) is 6.48 Å². The van der Waals surface area contributed by atoms with Crippen molar-refractivity contribution in [3.05, 3.63) is 131 Å². The Morgan fingerprint density at radius 1 is 0.659 bits per heavy atom. The minimum absolute atomic E-state index is 0.508. The van der Waals surface area contributed by atoms with Gasteiger partial charge in [-0.1, -0.05) is 96.7 Å². The zero-order valence-corrected chi connectivity index (χ0v) is 26.2. The van der Waals surface area contributed by atoms with Gasteiger partial charge in [-0.25, -0.2) is 0 Å². The number of nitrogens with zero attached hydrogens (tertiary/aromatic N) is 2. The maximum absolute atomic E-state index is 2.92. The predicted molar refractivity (Wildman–Crippen MR) is 182 cm³/mol. The summed E-state index contributed by atoms with van der Waals surface area (Å²) in [5.74, 6) is 2.48. The number of likely N-dealkylation sites (tertiary alicyclic amines) is 1. The molecule has 226 valence electrons. The van der Waals surface area contributed by atoms with E-state index in [0.29, 0.717) is 47.8 Å². The summed E-state index contributed by atoms with van der Waals surface area (Å²) >= 11 is 0. The smallest absolute Gasteiger partial charge is 0.0546 e. The molecule has 8 atom stereocenters. The van der Waals surface area contributed by atoms with Crippen LogP contribution in [0.2, 0.25) is 0 Å². The summed E-state index contributed by atoms with van der Waals surface area (Å²) in [6.07, 6.45) is 54.3. The molecule has 1 fully saturated rings. The van der Waals surface area contributed by atoms with Crippen molar-refractivity contribution in [3.63, 3.8) is 0 Å². The van der Waals surface area contributed by atoms with Gasteiger partial charge in [-0.05, 0) is 106 Å². The van der Waals surface area contributed by atoms with Crippen LogP contribution in [0.1, 0.15) is 77.0 Å². The van der Waals surface area contributed by atoms with Gasteiger partial charge in [0, 0.05) is 41.2 Å². The lowest BCUT2D eigenvalue weighted by atomic mass is 9.70. The molecule has 0 aromatic heterocycles. The molecule has 0 aromatic carbocycles. The van der Waals surface area contributed by atoms with Crippen molar-refractivity contribution < 1.29 is 0 Å². The van der Waals surface area contributed by atoms with E-state index in [1.807, 2.05) is 0 Å². The Morgan fingerprint density at radius 2 is 1.55 bits per heavy atom. The second-order valence-electron chi connectivity index (χ2n) is 14.7. The molecule has 7 aliphatic carbocycles. The fraction of sp³-hybridized carbons (Fsp3) is 0.476. The molecule has 0 saturated carbocycles. The molecule has 2 heteroatoms. The molecule has 44 heavy (non-hydrogen) atoms. The molecule has 0 amide bonds. The highest BCUT2D eigenvalue weighted by Crippen LogP contribution is 2.53. The highest BCUT2D eigenvalue weighted by Gasteiger charge is 2.51. The van der Waals surface area contributed by atoms with Crippen LogP contribution < -0.4 is 0 Å². The maximum Gasteiger partial charge on any atom is 0.0546 e. The zero-order valence-electron chi connectivity index (χ0n) is 26.2. The molecule has 9 aliphatic rings. The maximum atomic E-state index is 2.92. The molecule has 0 radical (unpaired) electrons. The summed E-state index contributed by atoms with van der Waals surface area (Å²) in [6.45, 7) is 0. The van der Waals surface area contributed by atoms with E-state index < -0.39 is 0 Å². The van der Waals surface area contributed by atoms with Crippen LogP contribution in [0, 0.1) is 23.7 Å². The Balaban J connectivity index is 1.04. The minimum atomic E-state index is 0.508. The summed E-state index contributed by atoms with van der Waals surface area (Å²) in [5.41, 5.74) is 9.84. The van der Waals surface area contributed by atoms with E-state index in [0.717, 1.165) is 6.42 Å². The molecular formula is C42H48N2. The van der Waals surface area contributed by atoms with Gasteiger partial charge in [0.05, 0.1) is 12.1 Å². The molecule has 2 heterocycles. The number of allylic oxidation sites excluding steroid dienone is 15. The summed E-state index contributed by atoms with van der Waals surface area (Å²) in [6, 6.07) is 2.32. The third-order valence-corrected chi connectivity index (χ3v) is 12.4. The Bertz CT molecular complexity index is 1530. The Morgan fingerprint density at radius 3 is 2.39 bits per heavy atom. The second kappa shape index (κ2) is 11.3. The average Bonchev–Trinajstić information content (AvgIpc) is 3.61. The van der Waals surface area contributed by atoms with Crippen molar-refractivity contribution in [1.29, 1.82) is 0 Å². The predicted octanol–water partition coefficient (Wildman–Crippen LogP) is 9.59. The third-order valence-electron chi connectivity index (χ3n) is 12.4. The van der Waals surface area contributed by atoms with Crippen LogP contribution in [-0.2, 0) is 0 Å². The van der Waals surface area contributed by atoms with Gasteiger partial charge in [0.1, 0.15) is 0 Å². The van der Waals surface area contributed by atoms with Crippen LogP contribution in [0.3, 0.4) is 0 Å². The molecule has 8 unspecified atom stereocenters. The second-order valence-corrected chi connectivity index (χ2v) is 14.7. The largest absolute Gasteiger partial charge is 0.365 e. The van der Waals surface area contributed by atoms with Gasteiger partial charge < -0.3 is 9.80 Å². The molecule has 1 saturated heterocycles.